The van der Waals surface area contributed by atoms with E-state index < -0.39 is 0 Å². The zero-order valence-corrected chi connectivity index (χ0v) is 23.1. The van der Waals surface area contributed by atoms with Crippen molar-refractivity contribution in [1.29, 1.82) is 0 Å². The second kappa shape index (κ2) is 14.7. The lowest BCUT2D eigenvalue weighted by Crippen LogP contribution is -2.19. The fraction of sp³-hybridized carbons (Fsp3) is 0.929. The average Bonchev–Trinajstić information content (AvgIpc) is 2.79. The summed E-state index contributed by atoms with van der Waals surface area (Å²) in [6.07, 6.45) is 23.5. The van der Waals surface area contributed by atoms with Gasteiger partial charge in [-0.3, -0.25) is 0 Å². The number of unbranched alkanes of at least 4 members (excludes halogenated alkanes) is 2. The minimum Gasteiger partial charge on any atom is -0.396 e. The lowest BCUT2D eigenvalue weighted by atomic mass is 9.88. The van der Waals surface area contributed by atoms with Crippen LogP contribution in [0.5, 0.6) is 0 Å². The van der Waals surface area contributed by atoms with E-state index >= 15 is 0 Å². The summed E-state index contributed by atoms with van der Waals surface area (Å²) >= 11 is 4.48. The molecule has 0 aromatic heterocycles. The largest absolute Gasteiger partial charge is 0.396 e. The van der Waals surface area contributed by atoms with E-state index in [1.54, 1.807) is 0 Å². The zero-order valence-electron chi connectivity index (χ0n) is 21.5. The highest BCUT2D eigenvalue weighted by Crippen LogP contribution is 2.39. The molecule has 2 fully saturated rings. The van der Waals surface area contributed by atoms with Gasteiger partial charge in [-0.1, -0.05) is 78.4 Å². The lowest BCUT2D eigenvalue weighted by Gasteiger charge is -2.30. The zero-order chi connectivity index (χ0) is 23.5. The van der Waals surface area contributed by atoms with Crippen LogP contribution < -0.4 is 0 Å². The van der Waals surface area contributed by atoms with Crippen molar-refractivity contribution in [2.45, 2.75) is 139 Å². The number of aliphatic hydroxyl groups is 2. The van der Waals surface area contributed by atoms with Crippen molar-refractivity contribution in [2.75, 3.05) is 13.2 Å². The van der Waals surface area contributed by atoms with E-state index in [0.29, 0.717) is 13.2 Å². The van der Waals surface area contributed by atoms with Crippen LogP contribution in [0.1, 0.15) is 118 Å². The topological polar surface area (TPSA) is 40.5 Å². The summed E-state index contributed by atoms with van der Waals surface area (Å²) in [5.74, 6) is 0. The molecule has 0 aromatic carbocycles. The normalized spacial score (nSPS) is 27.8. The first-order chi connectivity index (χ1) is 15.2. The van der Waals surface area contributed by atoms with Gasteiger partial charge in [0.15, 0.2) is 0 Å². The first-order valence-corrected chi connectivity index (χ1v) is 15.3. The highest BCUT2D eigenvalue weighted by atomic mass is 32.2. The Morgan fingerprint density at radius 3 is 1.44 bits per heavy atom. The minimum atomic E-state index is 0.0938. The molecule has 0 amide bonds. The van der Waals surface area contributed by atoms with Gasteiger partial charge in [0.2, 0.25) is 0 Å². The summed E-state index contributed by atoms with van der Waals surface area (Å²) in [5, 5.41) is 22.0. The van der Waals surface area contributed by atoms with Gasteiger partial charge in [0, 0.05) is 34.2 Å². The molecule has 2 aliphatic heterocycles. The van der Waals surface area contributed by atoms with E-state index in [2.05, 4.69) is 63.4 Å². The molecule has 2 N–H and O–H groups in total. The summed E-state index contributed by atoms with van der Waals surface area (Å²) < 4.78 is 0. The number of hydrogen-bond donors (Lipinski definition) is 2. The van der Waals surface area contributed by atoms with Gasteiger partial charge < -0.3 is 10.2 Å². The van der Waals surface area contributed by atoms with Gasteiger partial charge in [-0.25, -0.2) is 0 Å². The smallest absolute Gasteiger partial charge is 0.0482 e. The third kappa shape index (κ3) is 11.7. The molecule has 0 aromatic rings. The number of hydrogen-bond acceptors (Lipinski definition) is 4. The van der Waals surface area contributed by atoms with Crippen LogP contribution in [0.25, 0.3) is 0 Å². The van der Waals surface area contributed by atoms with Crippen molar-refractivity contribution in [1.82, 2.24) is 0 Å². The molecule has 0 spiro atoms. The molecule has 2 aliphatic rings. The molecule has 0 radical (unpaired) electrons. The summed E-state index contributed by atoms with van der Waals surface area (Å²) in [5.41, 5.74) is 0.188. The SMILES string of the molecule is CC(C)(CO)CCCCC1CCCC(/C=C/C2CCCC(CCCCC(C)(C)CO)S2)S1. The highest BCUT2D eigenvalue weighted by molar-refractivity contribution is 8.01. The molecule has 4 unspecified atom stereocenters. The van der Waals surface area contributed by atoms with Crippen molar-refractivity contribution in [2.24, 2.45) is 10.8 Å². The maximum Gasteiger partial charge on any atom is 0.0482 e. The van der Waals surface area contributed by atoms with Gasteiger partial charge in [-0.15, -0.1) is 0 Å². The van der Waals surface area contributed by atoms with E-state index in [9.17, 15) is 10.2 Å². The van der Waals surface area contributed by atoms with Crippen LogP contribution in [0.4, 0.5) is 0 Å². The standard InChI is InChI=1S/C28H52O2S2/c1-27(2,21-29)19-7-5-11-23-13-9-15-25(31-23)17-18-26-16-10-14-24(32-26)12-6-8-20-28(3,4)22-30/h17-18,23-26,29-30H,5-16,19-22H2,1-4H3/b18-17+. The van der Waals surface area contributed by atoms with Gasteiger partial charge in [0.1, 0.15) is 0 Å². The summed E-state index contributed by atoms with van der Waals surface area (Å²) in [7, 11) is 0. The van der Waals surface area contributed by atoms with Crippen LogP contribution in [-0.2, 0) is 0 Å². The average molecular weight is 485 g/mol. The van der Waals surface area contributed by atoms with Crippen LogP contribution in [0.2, 0.25) is 0 Å². The maximum absolute atomic E-state index is 9.43. The van der Waals surface area contributed by atoms with Crippen LogP contribution in [-0.4, -0.2) is 44.4 Å². The Balaban J connectivity index is 1.65. The Morgan fingerprint density at radius 2 is 1.06 bits per heavy atom. The molecule has 0 bridgehead atoms. The molecule has 2 saturated heterocycles. The van der Waals surface area contributed by atoms with Gasteiger partial charge in [0.05, 0.1) is 0 Å². The highest BCUT2D eigenvalue weighted by Gasteiger charge is 2.24. The predicted molar refractivity (Wildman–Crippen MR) is 146 cm³/mol. The van der Waals surface area contributed by atoms with Crippen LogP contribution in [0.15, 0.2) is 12.2 Å². The van der Waals surface area contributed by atoms with Crippen LogP contribution in [0.3, 0.4) is 0 Å². The first-order valence-electron chi connectivity index (χ1n) is 13.4. The van der Waals surface area contributed by atoms with E-state index in [-0.39, 0.29) is 10.8 Å². The van der Waals surface area contributed by atoms with Crippen molar-refractivity contribution >= 4 is 23.5 Å². The second-order valence-electron chi connectivity index (χ2n) is 12.0. The van der Waals surface area contributed by atoms with Crippen molar-refractivity contribution in [3.05, 3.63) is 12.2 Å². The van der Waals surface area contributed by atoms with Gasteiger partial charge in [-0.2, -0.15) is 23.5 Å². The van der Waals surface area contributed by atoms with Gasteiger partial charge in [0.25, 0.3) is 0 Å². The molecule has 32 heavy (non-hydrogen) atoms. The molecule has 2 rings (SSSR count). The Bertz CT molecular complexity index is 486. The number of thioether (sulfide) groups is 2. The van der Waals surface area contributed by atoms with E-state index in [0.717, 1.165) is 33.8 Å². The number of rotatable bonds is 14. The van der Waals surface area contributed by atoms with Crippen molar-refractivity contribution < 1.29 is 10.2 Å². The lowest BCUT2D eigenvalue weighted by molar-refractivity contribution is 0.147. The maximum atomic E-state index is 9.43. The van der Waals surface area contributed by atoms with Gasteiger partial charge >= 0.3 is 0 Å². The third-order valence-electron chi connectivity index (χ3n) is 7.42. The summed E-state index contributed by atoms with van der Waals surface area (Å²) in [4.78, 5) is 0. The predicted octanol–water partition coefficient (Wildman–Crippen LogP) is 8.01. The molecule has 2 nitrogen and oxygen atoms in total. The minimum absolute atomic E-state index is 0.0938. The van der Waals surface area contributed by atoms with E-state index in [1.165, 1.54) is 77.0 Å². The molecular formula is C28H52O2S2. The molecule has 4 heteroatoms. The quantitative estimate of drug-likeness (QED) is 0.193. The second-order valence-corrected chi connectivity index (χ2v) is 15.1. The Kier molecular flexibility index (Phi) is 13.1. The Hall–Kier alpha value is 0.360. The molecule has 2 heterocycles. The van der Waals surface area contributed by atoms with Crippen molar-refractivity contribution in [3.63, 3.8) is 0 Å². The van der Waals surface area contributed by atoms with Gasteiger partial charge in [-0.05, 0) is 62.2 Å². The molecular weight excluding hydrogens is 432 g/mol. The van der Waals surface area contributed by atoms with Crippen LogP contribution in [0, 0.1) is 10.8 Å². The Labute approximate surface area is 208 Å². The first kappa shape index (κ1) is 28.6. The third-order valence-corrected chi connectivity index (χ3v) is 10.6. The summed E-state index contributed by atoms with van der Waals surface area (Å²) in [6.45, 7) is 9.31. The number of aliphatic hydroxyl groups excluding tert-OH is 2. The monoisotopic (exact) mass is 484 g/mol. The van der Waals surface area contributed by atoms with Crippen LogP contribution >= 0.6 is 23.5 Å². The molecule has 0 saturated carbocycles. The van der Waals surface area contributed by atoms with E-state index in [1.807, 2.05) is 0 Å². The van der Waals surface area contributed by atoms with Crippen molar-refractivity contribution in [3.8, 4) is 0 Å². The summed E-state index contributed by atoms with van der Waals surface area (Å²) in [6, 6.07) is 0. The fourth-order valence-electron chi connectivity index (χ4n) is 4.92. The van der Waals surface area contributed by atoms with E-state index in [4.69, 9.17) is 0 Å². The fourth-order valence-corrected chi connectivity index (χ4v) is 8.09. The molecule has 0 aliphatic carbocycles. The molecule has 4 atom stereocenters. The molecule has 188 valence electrons. The Morgan fingerprint density at radius 1 is 0.656 bits per heavy atom.